The van der Waals surface area contributed by atoms with Gasteiger partial charge in [0.25, 0.3) is 0 Å². The Morgan fingerprint density at radius 1 is 0.947 bits per heavy atom. The monoisotopic (exact) mass is 269 g/mol. The Balaban J connectivity index is 1.56. The maximum Gasteiger partial charge on any atom is 0.0576 e. The quantitative estimate of drug-likeness (QED) is 0.756. The van der Waals surface area contributed by atoms with Crippen LogP contribution in [0.3, 0.4) is 0 Å². The average Bonchev–Trinajstić information content (AvgIpc) is 2.83. The summed E-state index contributed by atoms with van der Waals surface area (Å²) in [5.41, 5.74) is 5.59. The molecule has 0 amide bonds. The molecule has 112 valence electrons. The molecule has 4 nitrogen and oxygen atoms in total. The predicted molar refractivity (Wildman–Crippen MR) is 79.4 cm³/mol. The highest BCUT2D eigenvalue weighted by Crippen LogP contribution is 2.17. The molecule has 2 fully saturated rings. The van der Waals surface area contributed by atoms with Crippen molar-refractivity contribution in [1.82, 2.24) is 9.80 Å². The van der Waals surface area contributed by atoms with Gasteiger partial charge >= 0.3 is 0 Å². The van der Waals surface area contributed by atoms with Crippen LogP contribution in [0.5, 0.6) is 0 Å². The summed E-state index contributed by atoms with van der Waals surface area (Å²) < 4.78 is 5.69. The molecule has 1 unspecified atom stereocenters. The number of hydrogen-bond acceptors (Lipinski definition) is 4. The van der Waals surface area contributed by atoms with Gasteiger partial charge in [-0.05, 0) is 71.2 Å². The summed E-state index contributed by atoms with van der Waals surface area (Å²) in [4.78, 5) is 5.21. The van der Waals surface area contributed by atoms with Gasteiger partial charge in [-0.2, -0.15) is 0 Å². The average molecular weight is 269 g/mol. The molecule has 0 spiro atoms. The lowest BCUT2D eigenvalue weighted by atomic mass is 10.1. The van der Waals surface area contributed by atoms with Crippen LogP contribution in [-0.4, -0.2) is 68.3 Å². The summed E-state index contributed by atoms with van der Waals surface area (Å²) in [6, 6.07) is 0. The van der Waals surface area contributed by atoms with Crippen molar-refractivity contribution in [3.63, 3.8) is 0 Å². The van der Waals surface area contributed by atoms with Gasteiger partial charge in [-0.1, -0.05) is 0 Å². The first kappa shape index (κ1) is 15.2. The standard InChI is InChI=1S/C15H31N3O/c16-7-3-9-18-11-4-10-17(12-13-18)8-1-5-15-6-2-14-19-15/h15H,1-14,16H2. The van der Waals surface area contributed by atoms with Crippen molar-refractivity contribution < 1.29 is 4.74 Å². The summed E-state index contributed by atoms with van der Waals surface area (Å²) in [7, 11) is 0. The van der Waals surface area contributed by atoms with Gasteiger partial charge in [-0.3, -0.25) is 0 Å². The van der Waals surface area contributed by atoms with E-state index >= 15 is 0 Å². The van der Waals surface area contributed by atoms with Gasteiger partial charge in [0.1, 0.15) is 0 Å². The van der Waals surface area contributed by atoms with E-state index in [1.807, 2.05) is 0 Å². The third kappa shape index (κ3) is 5.78. The number of nitrogens with two attached hydrogens (primary N) is 1. The van der Waals surface area contributed by atoms with Crippen LogP contribution in [0.2, 0.25) is 0 Å². The van der Waals surface area contributed by atoms with E-state index in [-0.39, 0.29) is 0 Å². The van der Waals surface area contributed by atoms with Crippen LogP contribution in [0.1, 0.15) is 38.5 Å². The largest absolute Gasteiger partial charge is 0.378 e. The fourth-order valence-corrected chi connectivity index (χ4v) is 3.20. The minimum atomic E-state index is 0.563. The van der Waals surface area contributed by atoms with Gasteiger partial charge in [-0.15, -0.1) is 0 Å². The molecule has 4 heteroatoms. The van der Waals surface area contributed by atoms with Crippen molar-refractivity contribution in [2.45, 2.75) is 44.6 Å². The summed E-state index contributed by atoms with van der Waals surface area (Å²) in [5, 5.41) is 0. The first-order valence-electron chi connectivity index (χ1n) is 8.15. The molecule has 2 saturated heterocycles. The van der Waals surface area contributed by atoms with Crippen LogP contribution >= 0.6 is 0 Å². The number of rotatable bonds is 7. The normalized spacial score (nSPS) is 26.7. The summed E-state index contributed by atoms with van der Waals surface area (Å²) in [6.45, 7) is 9.22. The van der Waals surface area contributed by atoms with Crippen molar-refractivity contribution in [3.05, 3.63) is 0 Å². The first-order valence-corrected chi connectivity index (χ1v) is 8.15. The lowest BCUT2D eigenvalue weighted by Crippen LogP contribution is -2.32. The summed E-state index contributed by atoms with van der Waals surface area (Å²) in [5.74, 6) is 0. The van der Waals surface area contributed by atoms with Crippen molar-refractivity contribution in [3.8, 4) is 0 Å². The molecule has 2 heterocycles. The molecule has 0 aromatic heterocycles. The second kappa shape index (κ2) is 8.90. The molecule has 1 atom stereocenters. The molecule has 2 rings (SSSR count). The molecule has 19 heavy (non-hydrogen) atoms. The van der Waals surface area contributed by atoms with Crippen LogP contribution in [-0.2, 0) is 4.74 Å². The van der Waals surface area contributed by atoms with E-state index in [0.717, 1.165) is 19.6 Å². The second-order valence-corrected chi connectivity index (χ2v) is 5.96. The first-order chi connectivity index (χ1) is 9.38. The zero-order chi connectivity index (χ0) is 13.3. The molecule has 0 aromatic carbocycles. The molecule has 0 bridgehead atoms. The van der Waals surface area contributed by atoms with Crippen molar-refractivity contribution in [1.29, 1.82) is 0 Å². The van der Waals surface area contributed by atoms with E-state index < -0.39 is 0 Å². The number of nitrogens with zero attached hydrogens (tertiary/aromatic N) is 2. The maximum absolute atomic E-state index is 5.69. The molecule has 0 aliphatic carbocycles. The third-order valence-electron chi connectivity index (χ3n) is 4.38. The molecule has 2 aliphatic rings. The summed E-state index contributed by atoms with van der Waals surface area (Å²) in [6.07, 6.45) is 8.12. The Morgan fingerprint density at radius 2 is 1.68 bits per heavy atom. The molecular formula is C15H31N3O. The smallest absolute Gasteiger partial charge is 0.0576 e. The van der Waals surface area contributed by atoms with Crippen LogP contribution in [0, 0.1) is 0 Å². The molecule has 0 radical (unpaired) electrons. The van der Waals surface area contributed by atoms with Gasteiger partial charge in [0, 0.05) is 19.7 Å². The Morgan fingerprint density at radius 3 is 2.32 bits per heavy atom. The van der Waals surface area contributed by atoms with E-state index in [2.05, 4.69) is 9.80 Å². The number of hydrogen-bond donors (Lipinski definition) is 1. The fraction of sp³-hybridized carbons (Fsp3) is 1.00. The topological polar surface area (TPSA) is 41.7 Å². The SMILES string of the molecule is NCCCN1CCCN(CCCC2CCCO2)CC1. The summed E-state index contributed by atoms with van der Waals surface area (Å²) >= 11 is 0. The third-order valence-corrected chi connectivity index (χ3v) is 4.38. The Hall–Kier alpha value is -0.160. The zero-order valence-electron chi connectivity index (χ0n) is 12.4. The van der Waals surface area contributed by atoms with Gasteiger partial charge < -0.3 is 20.3 Å². The van der Waals surface area contributed by atoms with Gasteiger partial charge in [0.15, 0.2) is 0 Å². The van der Waals surface area contributed by atoms with Crippen LogP contribution in [0.4, 0.5) is 0 Å². The van der Waals surface area contributed by atoms with E-state index in [1.165, 1.54) is 71.4 Å². The van der Waals surface area contributed by atoms with Crippen LogP contribution in [0.25, 0.3) is 0 Å². The van der Waals surface area contributed by atoms with E-state index in [0.29, 0.717) is 6.10 Å². The Labute approximate surface area is 118 Å². The van der Waals surface area contributed by atoms with Gasteiger partial charge in [-0.25, -0.2) is 0 Å². The van der Waals surface area contributed by atoms with Crippen LogP contribution in [0.15, 0.2) is 0 Å². The lowest BCUT2D eigenvalue weighted by Gasteiger charge is -2.22. The van der Waals surface area contributed by atoms with Gasteiger partial charge in [0.2, 0.25) is 0 Å². The van der Waals surface area contributed by atoms with Crippen LogP contribution < -0.4 is 5.73 Å². The fourth-order valence-electron chi connectivity index (χ4n) is 3.20. The van der Waals surface area contributed by atoms with Crippen molar-refractivity contribution in [2.24, 2.45) is 5.73 Å². The second-order valence-electron chi connectivity index (χ2n) is 5.96. The van der Waals surface area contributed by atoms with E-state index in [1.54, 1.807) is 0 Å². The Kier molecular flexibility index (Phi) is 7.14. The predicted octanol–water partition coefficient (Wildman–Crippen LogP) is 1.30. The minimum Gasteiger partial charge on any atom is -0.378 e. The maximum atomic E-state index is 5.69. The van der Waals surface area contributed by atoms with Crippen molar-refractivity contribution >= 4 is 0 Å². The van der Waals surface area contributed by atoms with Crippen molar-refractivity contribution in [2.75, 3.05) is 52.4 Å². The van der Waals surface area contributed by atoms with Gasteiger partial charge in [0.05, 0.1) is 6.10 Å². The molecule has 0 aromatic rings. The zero-order valence-corrected chi connectivity index (χ0v) is 12.4. The Bertz CT molecular complexity index is 231. The van der Waals surface area contributed by atoms with E-state index in [9.17, 15) is 0 Å². The minimum absolute atomic E-state index is 0.563. The highest BCUT2D eigenvalue weighted by molar-refractivity contribution is 4.71. The molecule has 2 N–H and O–H groups in total. The number of ether oxygens (including phenoxy) is 1. The lowest BCUT2D eigenvalue weighted by molar-refractivity contribution is 0.0988. The highest BCUT2D eigenvalue weighted by Gasteiger charge is 2.17. The molecule has 2 aliphatic heterocycles. The highest BCUT2D eigenvalue weighted by atomic mass is 16.5. The van der Waals surface area contributed by atoms with E-state index in [4.69, 9.17) is 10.5 Å². The molecular weight excluding hydrogens is 238 g/mol. The molecule has 0 saturated carbocycles.